The number of fused-ring (bicyclic) bond motifs is 3. The van der Waals surface area contributed by atoms with Crippen molar-refractivity contribution in [2.24, 2.45) is 23.7 Å². The number of rotatable bonds is 7. The predicted molar refractivity (Wildman–Crippen MR) is 157 cm³/mol. The molecule has 2 aromatic carbocycles. The van der Waals surface area contributed by atoms with E-state index in [-0.39, 0.29) is 30.6 Å². The van der Waals surface area contributed by atoms with Gasteiger partial charge in [-0.25, -0.2) is 19.7 Å². The van der Waals surface area contributed by atoms with Gasteiger partial charge in [0.1, 0.15) is 17.9 Å². The first-order chi connectivity index (χ1) is 21.2. The molecule has 3 aromatic rings. The van der Waals surface area contributed by atoms with Crippen LogP contribution in [0.15, 0.2) is 54.9 Å². The Bertz CT molecular complexity index is 1550. The molecule has 4 aliphatic heterocycles. The first-order valence-corrected chi connectivity index (χ1v) is 15.4. The van der Waals surface area contributed by atoms with E-state index in [9.17, 15) is 9.59 Å². The van der Waals surface area contributed by atoms with Crippen molar-refractivity contribution in [2.75, 3.05) is 5.32 Å². The van der Waals surface area contributed by atoms with Crippen molar-refractivity contribution in [2.45, 2.75) is 83.3 Å². The van der Waals surface area contributed by atoms with Gasteiger partial charge < -0.3 is 24.3 Å². The molecule has 8 rings (SSSR count). The van der Waals surface area contributed by atoms with Crippen LogP contribution in [-0.4, -0.2) is 45.9 Å². The van der Waals surface area contributed by atoms with Gasteiger partial charge in [0.25, 0.3) is 0 Å². The van der Waals surface area contributed by atoms with E-state index in [2.05, 4.69) is 22.2 Å². The second-order valence-corrected chi connectivity index (χ2v) is 12.6. The molecule has 5 aliphatic rings. The molecule has 5 fully saturated rings. The fraction of sp³-hybridized carbons (Fsp3) is 0.515. The third kappa shape index (κ3) is 5.21. The minimum absolute atomic E-state index is 0.0402. The molecule has 5 heterocycles. The average Bonchev–Trinajstić information content (AvgIpc) is 3.25. The van der Waals surface area contributed by atoms with Crippen LogP contribution >= 0.6 is 0 Å². The summed E-state index contributed by atoms with van der Waals surface area (Å²) in [5, 5.41) is 4.16. The number of ether oxygens (including phenoxy) is 4. The average molecular weight is 604 g/mol. The van der Waals surface area contributed by atoms with Crippen LogP contribution in [0.4, 0.5) is 11.5 Å². The maximum Gasteiger partial charge on any atom is 0.311 e. The van der Waals surface area contributed by atoms with Gasteiger partial charge in [-0.3, -0.25) is 9.59 Å². The number of anilines is 2. The van der Waals surface area contributed by atoms with Crippen molar-refractivity contribution in [1.29, 1.82) is 0 Å². The van der Waals surface area contributed by atoms with Gasteiger partial charge in [-0.05, 0) is 74.4 Å². The molecule has 1 aliphatic carbocycles. The summed E-state index contributed by atoms with van der Waals surface area (Å²) >= 11 is 0. The van der Waals surface area contributed by atoms with E-state index in [0.717, 1.165) is 35.9 Å². The largest absolute Gasteiger partial charge is 0.435 e. The van der Waals surface area contributed by atoms with Crippen LogP contribution in [0.3, 0.4) is 0 Å². The van der Waals surface area contributed by atoms with E-state index in [1.165, 1.54) is 6.33 Å². The molecule has 11 nitrogen and oxygen atoms in total. The maximum absolute atomic E-state index is 12.9. The topological polar surface area (TPSA) is 127 Å². The highest BCUT2D eigenvalue weighted by Crippen LogP contribution is 2.60. The Morgan fingerprint density at radius 2 is 1.75 bits per heavy atom. The van der Waals surface area contributed by atoms with E-state index < -0.39 is 35.9 Å². The first kappa shape index (κ1) is 29.1. The Hall–Kier alpha value is -3.64. The van der Waals surface area contributed by atoms with Gasteiger partial charge in [0, 0.05) is 29.3 Å². The summed E-state index contributed by atoms with van der Waals surface area (Å²) in [5.41, 5.74) is 0.881. The lowest BCUT2D eigenvalue weighted by Crippen LogP contribution is -2.70. The zero-order valence-corrected chi connectivity index (χ0v) is 25.1. The highest BCUT2D eigenvalue weighted by atomic mass is 17.3. The molecule has 0 amide bonds. The van der Waals surface area contributed by atoms with Crippen molar-refractivity contribution < 1.29 is 38.3 Å². The van der Waals surface area contributed by atoms with Crippen molar-refractivity contribution >= 4 is 34.3 Å². The highest BCUT2D eigenvalue weighted by Gasteiger charge is 2.69. The van der Waals surface area contributed by atoms with Gasteiger partial charge in [0.05, 0.1) is 18.4 Å². The summed E-state index contributed by atoms with van der Waals surface area (Å²) in [7, 11) is 0. The molecule has 11 heteroatoms. The van der Waals surface area contributed by atoms with Crippen molar-refractivity contribution in [1.82, 2.24) is 9.97 Å². The van der Waals surface area contributed by atoms with Crippen molar-refractivity contribution in [3.63, 3.8) is 0 Å². The zero-order valence-electron chi connectivity index (χ0n) is 25.1. The maximum atomic E-state index is 12.9. The summed E-state index contributed by atoms with van der Waals surface area (Å²) in [6.45, 7) is 6.12. The van der Waals surface area contributed by atoms with E-state index in [1.807, 2.05) is 38.1 Å². The van der Waals surface area contributed by atoms with E-state index in [1.54, 1.807) is 24.3 Å². The third-order valence-electron chi connectivity index (χ3n) is 9.77. The van der Waals surface area contributed by atoms with Gasteiger partial charge in [-0.1, -0.05) is 26.0 Å². The number of benzene rings is 2. The number of nitrogens with one attached hydrogen (secondary N) is 1. The highest BCUT2D eigenvalue weighted by molar-refractivity contribution is 5.90. The Labute approximate surface area is 255 Å². The first-order valence-electron chi connectivity index (χ1n) is 15.4. The van der Waals surface area contributed by atoms with Gasteiger partial charge >= 0.3 is 11.9 Å². The number of carbonyl (C=O) groups excluding carboxylic acids is 2. The summed E-state index contributed by atoms with van der Waals surface area (Å²) in [5.74, 6) is -0.366. The fourth-order valence-corrected chi connectivity index (χ4v) is 7.43. The molecule has 1 N–H and O–H groups in total. The Morgan fingerprint density at radius 1 is 0.955 bits per heavy atom. The lowest BCUT2D eigenvalue weighted by molar-refractivity contribution is -0.576. The van der Waals surface area contributed by atoms with Crippen LogP contribution < -0.4 is 10.1 Å². The van der Waals surface area contributed by atoms with Crippen LogP contribution in [0, 0.1) is 23.7 Å². The number of esters is 2. The molecule has 1 saturated carbocycles. The molecular formula is C33H37N3O8. The normalized spacial score (nSPS) is 34.1. The summed E-state index contributed by atoms with van der Waals surface area (Å²) in [6, 6.07) is 14.7. The molecule has 232 valence electrons. The number of para-hydroxylation sites is 1. The minimum atomic E-state index is -0.908. The molecule has 1 spiro atoms. The smallest absolute Gasteiger partial charge is 0.311 e. The van der Waals surface area contributed by atoms with Gasteiger partial charge in [-0.15, -0.1) is 0 Å². The molecule has 4 saturated heterocycles. The van der Waals surface area contributed by atoms with Crippen LogP contribution in [-0.2, 0) is 33.6 Å². The van der Waals surface area contributed by atoms with Gasteiger partial charge in [0.2, 0.25) is 12.1 Å². The fourth-order valence-electron chi connectivity index (χ4n) is 7.43. The number of carbonyl (C=O) groups is 2. The lowest BCUT2D eigenvalue weighted by atomic mass is 9.58. The molecular weight excluding hydrogens is 566 g/mol. The second-order valence-electron chi connectivity index (χ2n) is 12.6. The SMILES string of the molecule is C[C@H]1[C@H](OC(=O)CCC(=O)Oc2ccc(Nc3ncnc4ccccc34)cc2)O[C@@H]2O[C@@]3(C)CC[C@H]4[C@H](C)CC[C@@H]1[C@@]24OO3. The molecule has 44 heavy (non-hydrogen) atoms. The van der Waals surface area contributed by atoms with Gasteiger partial charge in [0.15, 0.2) is 11.9 Å². The molecule has 0 unspecified atom stereocenters. The number of nitrogens with zero attached hydrogens (tertiary/aromatic N) is 2. The molecule has 2 bridgehead atoms. The second kappa shape index (κ2) is 11.4. The standard InChI is InChI=1S/C33H37N3O8/c1-19-8-13-25-20(2)30(41-31-33(25)24(19)16-17-32(3,42-31)43-44-33)40-28(38)15-14-27(37)39-22-11-9-21(10-12-22)36-29-23-6-4-5-7-26(23)34-18-35-29/h4-7,9-12,18-20,24-25,30-31H,8,13-17H2,1-3H3,(H,34,35,36)/t19-,20-,24+,25+,30-,31-,32-,33-/m1/s1. The molecule has 1 aromatic heterocycles. The van der Waals surface area contributed by atoms with Crippen LogP contribution in [0.1, 0.15) is 59.3 Å². The summed E-state index contributed by atoms with van der Waals surface area (Å²) < 4.78 is 23.9. The van der Waals surface area contributed by atoms with E-state index >= 15 is 0 Å². The summed E-state index contributed by atoms with van der Waals surface area (Å²) in [4.78, 5) is 46.0. The minimum Gasteiger partial charge on any atom is -0.435 e. The quantitative estimate of drug-likeness (QED) is 0.200. The van der Waals surface area contributed by atoms with Crippen LogP contribution in [0.2, 0.25) is 0 Å². The van der Waals surface area contributed by atoms with E-state index in [4.69, 9.17) is 28.7 Å². The Kier molecular flexibility index (Phi) is 7.52. The number of hydrogen-bond donors (Lipinski definition) is 1. The van der Waals surface area contributed by atoms with Gasteiger partial charge in [-0.2, -0.15) is 0 Å². The van der Waals surface area contributed by atoms with Crippen molar-refractivity contribution in [3.8, 4) is 5.75 Å². The molecule has 8 atom stereocenters. The number of hydrogen-bond acceptors (Lipinski definition) is 11. The van der Waals surface area contributed by atoms with Crippen molar-refractivity contribution in [3.05, 3.63) is 54.9 Å². The Morgan fingerprint density at radius 3 is 2.59 bits per heavy atom. The van der Waals surface area contributed by atoms with Crippen LogP contribution in [0.25, 0.3) is 10.9 Å². The van der Waals surface area contributed by atoms with Crippen LogP contribution in [0.5, 0.6) is 5.75 Å². The Balaban J connectivity index is 0.934. The predicted octanol–water partition coefficient (Wildman–Crippen LogP) is 5.81. The molecule has 0 radical (unpaired) electrons. The summed E-state index contributed by atoms with van der Waals surface area (Å²) in [6.07, 6.45) is 3.30. The monoisotopic (exact) mass is 603 g/mol. The number of aromatic nitrogens is 2. The zero-order chi connectivity index (χ0) is 30.5. The van der Waals surface area contributed by atoms with E-state index in [0.29, 0.717) is 23.9 Å². The lowest BCUT2D eigenvalue weighted by Gasteiger charge is -2.59. The third-order valence-corrected chi connectivity index (χ3v) is 9.77.